The molecule has 2 aromatic carbocycles. The Labute approximate surface area is 136 Å². The highest BCUT2D eigenvalue weighted by molar-refractivity contribution is 7.99. The molecular weight excluding hydrogens is 322 g/mol. The van der Waals surface area contributed by atoms with E-state index in [2.05, 4.69) is 10.6 Å². The van der Waals surface area contributed by atoms with Crippen molar-refractivity contribution in [3.8, 4) is 0 Å². The number of thioether (sulfide) groups is 1. The molecule has 0 radical (unpaired) electrons. The Morgan fingerprint density at radius 1 is 0.913 bits per heavy atom. The lowest BCUT2D eigenvalue weighted by atomic mass is 10.3. The molecule has 0 unspecified atom stereocenters. The number of hydrogen-bond donors (Lipinski definition) is 2. The summed E-state index contributed by atoms with van der Waals surface area (Å²) >= 11 is 1.23. The van der Waals surface area contributed by atoms with Gasteiger partial charge in [-0.05, 0) is 24.3 Å². The highest BCUT2D eigenvalue weighted by Gasteiger charge is 2.14. The van der Waals surface area contributed by atoms with Crippen molar-refractivity contribution >= 4 is 29.3 Å². The highest BCUT2D eigenvalue weighted by atomic mass is 32.2. The zero-order valence-corrected chi connectivity index (χ0v) is 12.8. The molecule has 0 heterocycles. The van der Waals surface area contributed by atoms with E-state index in [0.29, 0.717) is 10.6 Å². The maximum Gasteiger partial charge on any atom is 0.313 e. The Kier molecular flexibility index (Phi) is 6.10. The fourth-order valence-corrected chi connectivity index (χ4v) is 2.51. The third-order valence-electron chi connectivity index (χ3n) is 2.81. The van der Waals surface area contributed by atoms with Gasteiger partial charge in [-0.1, -0.05) is 24.3 Å². The second-order valence-electron chi connectivity index (χ2n) is 4.47. The molecule has 0 aliphatic carbocycles. The Bertz CT molecular complexity index is 710. The van der Waals surface area contributed by atoms with E-state index in [0.717, 1.165) is 0 Å². The molecule has 0 fully saturated rings. The minimum atomic E-state index is -0.953. The van der Waals surface area contributed by atoms with E-state index in [1.165, 1.54) is 36.0 Å². The van der Waals surface area contributed by atoms with Gasteiger partial charge in [-0.2, -0.15) is 0 Å². The van der Waals surface area contributed by atoms with E-state index in [1.54, 1.807) is 24.3 Å². The fourth-order valence-electron chi connectivity index (χ4n) is 1.71. The number of rotatable bonds is 5. The van der Waals surface area contributed by atoms with Crippen LogP contribution in [0.1, 0.15) is 0 Å². The van der Waals surface area contributed by atoms with Crippen molar-refractivity contribution < 1.29 is 18.4 Å². The molecule has 0 saturated carbocycles. The van der Waals surface area contributed by atoms with Crippen LogP contribution in [0.3, 0.4) is 0 Å². The number of anilines is 1. The first-order chi connectivity index (χ1) is 11.1. The molecule has 0 bridgehead atoms. The number of carbonyl (C=O) groups excluding carboxylic acids is 2. The van der Waals surface area contributed by atoms with Gasteiger partial charge >= 0.3 is 11.8 Å². The van der Waals surface area contributed by atoms with Gasteiger partial charge in [0, 0.05) is 17.2 Å². The summed E-state index contributed by atoms with van der Waals surface area (Å²) in [5.74, 6) is -2.38. The summed E-state index contributed by atoms with van der Waals surface area (Å²) in [5, 5.41) is 4.58. The van der Waals surface area contributed by atoms with Crippen LogP contribution in [0.15, 0.2) is 53.4 Å². The minimum Gasteiger partial charge on any atom is -0.347 e. The topological polar surface area (TPSA) is 58.2 Å². The van der Waals surface area contributed by atoms with Gasteiger partial charge in [-0.15, -0.1) is 11.8 Å². The van der Waals surface area contributed by atoms with Crippen LogP contribution < -0.4 is 10.6 Å². The van der Waals surface area contributed by atoms with Crippen molar-refractivity contribution in [3.05, 3.63) is 60.2 Å². The minimum absolute atomic E-state index is 0.0617. The lowest BCUT2D eigenvalue weighted by Gasteiger charge is -2.07. The smallest absolute Gasteiger partial charge is 0.313 e. The quantitative estimate of drug-likeness (QED) is 0.501. The predicted octanol–water partition coefficient (Wildman–Crippen LogP) is 2.81. The van der Waals surface area contributed by atoms with Crippen LogP contribution in [-0.2, 0) is 9.59 Å². The molecule has 2 aromatic rings. The lowest BCUT2D eigenvalue weighted by molar-refractivity contribution is -0.136. The van der Waals surface area contributed by atoms with Crippen molar-refractivity contribution in [1.82, 2.24) is 5.32 Å². The summed E-state index contributed by atoms with van der Waals surface area (Å²) < 4.78 is 26.7. The molecule has 0 aromatic heterocycles. The van der Waals surface area contributed by atoms with Gasteiger partial charge < -0.3 is 10.6 Å². The van der Waals surface area contributed by atoms with E-state index in [-0.39, 0.29) is 18.0 Å². The standard InChI is InChI=1S/C16H14F2N2O2S/c17-11-5-1-3-7-13(11)20-16(22)15(21)19-9-10-23-14-8-4-2-6-12(14)18/h1-8H,9-10H2,(H,19,21)(H,20,22). The van der Waals surface area contributed by atoms with Gasteiger partial charge in [0.1, 0.15) is 11.6 Å². The van der Waals surface area contributed by atoms with E-state index in [1.807, 2.05) is 0 Å². The third kappa shape index (κ3) is 5.07. The van der Waals surface area contributed by atoms with Crippen LogP contribution in [0.25, 0.3) is 0 Å². The van der Waals surface area contributed by atoms with Crippen LogP contribution in [0, 0.1) is 11.6 Å². The van der Waals surface area contributed by atoms with Crippen LogP contribution in [0.4, 0.5) is 14.5 Å². The largest absolute Gasteiger partial charge is 0.347 e. The Morgan fingerprint density at radius 3 is 2.26 bits per heavy atom. The van der Waals surface area contributed by atoms with Gasteiger partial charge in [0.15, 0.2) is 0 Å². The summed E-state index contributed by atoms with van der Waals surface area (Å²) in [6.07, 6.45) is 0. The lowest BCUT2D eigenvalue weighted by Crippen LogP contribution is -2.36. The van der Waals surface area contributed by atoms with Crippen molar-refractivity contribution in [2.24, 2.45) is 0 Å². The molecule has 7 heteroatoms. The monoisotopic (exact) mass is 336 g/mol. The number of para-hydroxylation sites is 1. The van der Waals surface area contributed by atoms with Crippen molar-refractivity contribution in [2.45, 2.75) is 4.90 Å². The molecule has 23 heavy (non-hydrogen) atoms. The molecule has 0 aliphatic rings. The summed E-state index contributed by atoms with van der Waals surface area (Å²) in [4.78, 5) is 23.7. The second kappa shape index (κ2) is 8.28. The van der Waals surface area contributed by atoms with Crippen LogP contribution in [-0.4, -0.2) is 24.1 Å². The molecule has 0 atom stereocenters. The summed E-state index contributed by atoms with van der Waals surface area (Å²) in [5.41, 5.74) is -0.0617. The first-order valence-electron chi connectivity index (χ1n) is 6.79. The molecule has 120 valence electrons. The number of halogens is 2. The molecule has 2 amide bonds. The van der Waals surface area contributed by atoms with Gasteiger partial charge in [0.05, 0.1) is 5.69 Å². The number of nitrogens with one attached hydrogen (secondary N) is 2. The summed E-state index contributed by atoms with van der Waals surface area (Å²) in [6, 6.07) is 11.8. The van der Waals surface area contributed by atoms with Gasteiger partial charge in [0.25, 0.3) is 0 Å². The molecule has 2 rings (SSSR count). The number of amides is 2. The summed E-state index contributed by atoms with van der Waals surface area (Å²) in [7, 11) is 0. The predicted molar refractivity (Wildman–Crippen MR) is 85.2 cm³/mol. The average Bonchev–Trinajstić information content (AvgIpc) is 2.55. The highest BCUT2D eigenvalue weighted by Crippen LogP contribution is 2.20. The number of hydrogen-bond acceptors (Lipinski definition) is 3. The van der Waals surface area contributed by atoms with E-state index < -0.39 is 17.6 Å². The molecule has 4 nitrogen and oxygen atoms in total. The van der Waals surface area contributed by atoms with Crippen molar-refractivity contribution in [3.63, 3.8) is 0 Å². The normalized spacial score (nSPS) is 10.2. The first kappa shape index (κ1) is 17.0. The average molecular weight is 336 g/mol. The van der Waals surface area contributed by atoms with E-state index in [9.17, 15) is 18.4 Å². The first-order valence-corrected chi connectivity index (χ1v) is 7.77. The molecule has 0 aliphatic heterocycles. The Hall–Kier alpha value is -2.41. The summed E-state index contributed by atoms with van der Waals surface area (Å²) in [6.45, 7) is 0.183. The van der Waals surface area contributed by atoms with E-state index in [4.69, 9.17) is 0 Å². The van der Waals surface area contributed by atoms with E-state index >= 15 is 0 Å². The zero-order chi connectivity index (χ0) is 16.7. The maximum absolute atomic E-state index is 13.4. The SMILES string of the molecule is O=C(NCCSc1ccccc1F)C(=O)Nc1ccccc1F. The third-order valence-corrected chi connectivity index (χ3v) is 3.86. The zero-order valence-electron chi connectivity index (χ0n) is 12.0. The van der Waals surface area contributed by atoms with Gasteiger partial charge in [-0.25, -0.2) is 8.78 Å². The second-order valence-corrected chi connectivity index (χ2v) is 5.61. The molecule has 0 spiro atoms. The van der Waals surface area contributed by atoms with Gasteiger partial charge in [0.2, 0.25) is 0 Å². The molecule has 0 saturated heterocycles. The maximum atomic E-state index is 13.4. The molecular formula is C16H14F2N2O2S. The van der Waals surface area contributed by atoms with Gasteiger partial charge in [-0.3, -0.25) is 9.59 Å². The van der Waals surface area contributed by atoms with Crippen molar-refractivity contribution in [2.75, 3.05) is 17.6 Å². The van der Waals surface area contributed by atoms with Crippen molar-refractivity contribution in [1.29, 1.82) is 0 Å². The van der Waals surface area contributed by atoms with Crippen LogP contribution >= 0.6 is 11.8 Å². The van der Waals surface area contributed by atoms with Crippen LogP contribution in [0.5, 0.6) is 0 Å². The molecule has 2 N–H and O–H groups in total. The fraction of sp³-hybridized carbons (Fsp3) is 0.125. The Balaban J connectivity index is 1.75. The Morgan fingerprint density at radius 2 is 1.57 bits per heavy atom. The number of carbonyl (C=O) groups is 2. The van der Waals surface area contributed by atoms with Crippen LogP contribution in [0.2, 0.25) is 0 Å². The number of benzene rings is 2.